The van der Waals surface area contributed by atoms with Crippen molar-refractivity contribution in [3.8, 4) is 0 Å². The molecule has 1 saturated heterocycles. The number of nitrogens with one attached hydrogen (secondary N) is 1. The fourth-order valence-electron chi connectivity index (χ4n) is 4.39. The van der Waals surface area contributed by atoms with Gasteiger partial charge >= 0.3 is 0 Å². The van der Waals surface area contributed by atoms with E-state index in [0.717, 1.165) is 31.0 Å². The van der Waals surface area contributed by atoms with Gasteiger partial charge in [0.05, 0.1) is 10.0 Å². The van der Waals surface area contributed by atoms with E-state index in [4.69, 9.17) is 23.2 Å². The fraction of sp³-hybridized carbons (Fsp3) is 0.583. The molecule has 1 saturated carbocycles. The van der Waals surface area contributed by atoms with Gasteiger partial charge in [-0.3, -0.25) is 9.59 Å². The number of halogens is 2. The van der Waals surface area contributed by atoms with Gasteiger partial charge in [-0.25, -0.2) is 0 Å². The highest BCUT2D eigenvalue weighted by Gasteiger charge is 2.23. The predicted molar refractivity (Wildman–Crippen MR) is 127 cm³/mol. The van der Waals surface area contributed by atoms with Crippen molar-refractivity contribution in [2.24, 2.45) is 5.92 Å². The van der Waals surface area contributed by atoms with E-state index >= 15 is 0 Å². The highest BCUT2D eigenvalue weighted by atomic mass is 35.5. The van der Waals surface area contributed by atoms with Gasteiger partial charge in [0, 0.05) is 44.7 Å². The standard InChI is InChI=1S/C24H33Cl2N3O2/c1-18-5-2-3-6-22(18)27-12-4-13-28-15-16-29(14-11-24(28)31)23(30)10-8-19-7-9-20(25)21(26)17-19/h7-10,17-18,22,27H,2-6,11-16H2,1H3/b10-8+/t18-,22-/m1/s1. The van der Waals surface area contributed by atoms with Crippen LogP contribution in [0.4, 0.5) is 0 Å². The first-order valence-electron chi connectivity index (χ1n) is 11.4. The quantitative estimate of drug-likeness (QED) is 0.471. The van der Waals surface area contributed by atoms with Crippen molar-refractivity contribution in [1.82, 2.24) is 15.1 Å². The Morgan fingerprint density at radius 3 is 2.74 bits per heavy atom. The van der Waals surface area contributed by atoms with E-state index < -0.39 is 0 Å². The van der Waals surface area contributed by atoms with Crippen LogP contribution in [0.3, 0.4) is 0 Å². The van der Waals surface area contributed by atoms with Crippen molar-refractivity contribution in [2.45, 2.75) is 51.5 Å². The summed E-state index contributed by atoms with van der Waals surface area (Å²) in [5, 5.41) is 4.62. The maximum absolute atomic E-state index is 12.6. The minimum Gasteiger partial charge on any atom is -0.341 e. The summed E-state index contributed by atoms with van der Waals surface area (Å²) in [5.74, 6) is 0.786. The van der Waals surface area contributed by atoms with E-state index in [9.17, 15) is 9.59 Å². The molecule has 7 heteroatoms. The van der Waals surface area contributed by atoms with E-state index in [1.54, 1.807) is 23.1 Å². The Labute approximate surface area is 195 Å². The number of nitrogens with zero attached hydrogens (tertiary/aromatic N) is 2. The molecule has 5 nitrogen and oxygen atoms in total. The number of hydrogen-bond acceptors (Lipinski definition) is 3. The highest BCUT2D eigenvalue weighted by molar-refractivity contribution is 6.42. The second-order valence-electron chi connectivity index (χ2n) is 8.64. The van der Waals surface area contributed by atoms with E-state index in [-0.39, 0.29) is 11.8 Å². The largest absolute Gasteiger partial charge is 0.341 e. The summed E-state index contributed by atoms with van der Waals surface area (Å²) in [7, 11) is 0. The van der Waals surface area contributed by atoms with Gasteiger partial charge in [0.2, 0.25) is 11.8 Å². The number of carbonyl (C=O) groups excluding carboxylic acids is 2. The highest BCUT2D eigenvalue weighted by Crippen LogP contribution is 2.24. The first-order valence-corrected chi connectivity index (χ1v) is 12.1. The molecule has 0 aromatic heterocycles. The van der Waals surface area contributed by atoms with Crippen LogP contribution in [0.1, 0.15) is 51.0 Å². The van der Waals surface area contributed by atoms with Crippen molar-refractivity contribution in [3.63, 3.8) is 0 Å². The lowest BCUT2D eigenvalue weighted by molar-refractivity contribution is -0.130. The fourth-order valence-corrected chi connectivity index (χ4v) is 4.70. The SMILES string of the molecule is C[C@@H]1CCCC[C@H]1NCCCN1CCN(C(=O)/C=C/c2ccc(Cl)c(Cl)c2)CCC1=O. The minimum atomic E-state index is -0.0892. The second-order valence-corrected chi connectivity index (χ2v) is 9.45. The molecule has 1 aromatic rings. The van der Waals surface area contributed by atoms with Gasteiger partial charge < -0.3 is 15.1 Å². The van der Waals surface area contributed by atoms with Crippen molar-refractivity contribution >= 4 is 41.1 Å². The maximum atomic E-state index is 12.6. The maximum Gasteiger partial charge on any atom is 0.246 e. The van der Waals surface area contributed by atoms with Crippen LogP contribution < -0.4 is 5.32 Å². The Balaban J connectivity index is 1.43. The van der Waals surface area contributed by atoms with Crippen molar-refractivity contribution in [3.05, 3.63) is 39.9 Å². The summed E-state index contributed by atoms with van der Waals surface area (Å²) in [5.41, 5.74) is 0.815. The summed E-state index contributed by atoms with van der Waals surface area (Å²) in [6.07, 6.45) is 9.82. The van der Waals surface area contributed by atoms with Crippen LogP contribution in [-0.2, 0) is 9.59 Å². The molecule has 2 aliphatic rings. The Morgan fingerprint density at radius 2 is 1.97 bits per heavy atom. The van der Waals surface area contributed by atoms with Crippen LogP contribution in [-0.4, -0.2) is 60.4 Å². The number of benzene rings is 1. The van der Waals surface area contributed by atoms with Crippen LogP contribution in [0.2, 0.25) is 10.0 Å². The van der Waals surface area contributed by atoms with Crippen molar-refractivity contribution < 1.29 is 9.59 Å². The third-order valence-corrected chi connectivity index (χ3v) is 7.12. The van der Waals surface area contributed by atoms with Crippen LogP contribution in [0.15, 0.2) is 24.3 Å². The molecule has 1 N–H and O–H groups in total. The minimum absolute atomic E-state index is 0.0892. The predicted octanol–water partition coefficient (Wildman–Crippen LogP) is 4.63. The molecule has 3 rings (SSSR count). The molecule has 0 bridgehead atoms. The summed E-state index contributed by atoms with van der Waals surface area (Å²) in [6, 6.07) is 5.86. The first-order chi connectivity index (χ1) is 14.9. The number of carbonyl (C=O) groups is 2. The summed E-state index contributed by atoms with van der Waals surface area (Å²) >= 11 is 12.0. The van der Waals surface area contributed by atoms with Gasteiger partial charge in [-0.15, -0.1) is 0 Å². The van der Waals surface area contributed by atoms with E-state index in [2.05, 4.69) is 12.2 Å². The Bertz CT molecular complexity index is 799. The topological polar surface area (TPSA) is 52.6 Å². The molecule has 0 radical (unpaired) electrons. The van der Waals surface area contributed by atoms with E-state index in [1.807, 2.05) is 11.0 Å². The molecular formula is C24H33Cl2N3O2. The smallest absolute Gasteiger partial charge is 0.246 e. The van der Waals surface area contributed by atoms with E-state index in [1.165, 1.54) is 31.8 Å². The van der Waals surface area contributed by atoms with Gasteiger partial charge in [0.15, 0.2) is 0 Å². The Hall–Kier alpha value is -1.56. The van der Waals surface area contributed by atoms with E-state index in [0.29, 0.717) is 42.1 Å². The molecule has 1 aromatic carbocycles. The molecule has 0 unspecified atom stereocenters. The number of hydrogen-bond donors (Lipinski definition) is 1. The summed E-state index contributed by atoms with van der Waals surface area (Å²) in [4.78, 5) is 28.7. The summed E-state index contributed by atoms with van der Waals surface area (Å²) in [6.45, 7) is 5.62. The van der Waals surface area contributed by atoms with Crippen LogP contribution >= 0.6 is 23.2 Å². The van der Waals surface area contributed by atoms with Crippen molar-refractivity contribution in [1.29, 1.82) is 0 Å². The molecule has 31 heavy (non-hydrogen) atoms. The van der Waals surface area contributed by atoms with Crippen LogP contribution in [0, 0.1) is 5.92 Å². The average Bonchev–Trinajstić information content (AvgIpc) is 2.94. The summed E-state index contributed by atoms with van der Waals surface area (Å²) < 4.78 is 0. The zero-order valence-electron chi connectivity index (χ0n) is 18.3. The van der Waals surface area contributed by atoms with Crippen LogP contribution in [0.5, 0.6) is 0 Å². The van der Waals surface area contributed by atoms with Crippen LogP contribution in [0.25, 0.3) is 6.08 Å². The molecular weight excluding hydrogens is 433 g/mol. The number of rotatable bonds is 7. The second kappa shape index (κ2) is 11.9. The average molecular weight is 466 g/mol. The molecule has 2 amide bonds. The normalized spacial score (nSPS) is 22.7. The Kier molecular flexibility index (Phi) is 9.24. The van der Waals surface area contributed by atoms with Gasteiger partial charge in [-0.05, 0) is 55.5 Å². The zero-order chi connectivity index (χ0) is 22.2. The number of amides is 2. The Morgan fingerprint density at radius 1 is 1.16 bits per heavy atom. The molecule has 1 aliphatic heterocycles. The third-order valence-electron chi connectivity index (χ3n) is 6.38. The zero-order valence-corrected chi connectivity index (χ0v) is 19.8. The lowest BCUT2D eigenvalue weighted by atomic mass is 9.86. The monoisotopic (exact) mass is 465 g/mol. The van der Waals surface area contributed by atoms with Gasteiger partial charge in [0.25, 0.3) is 0 Å². The molecule has 0 spiro atoms. The lowest BCUT2D eigenvalue weighted by Crippen LogP contribution is -2.40. The molecule has 2 atom stereocenters. The first kappa shape index (κ1) is 24.1. The van der Waals surface area contributed by atoms with Crippen molar-refractivity contribution in [2.75, 3.05) is 32.7 Å². The van der Waals surface area contributed by atoms with Gasteiger partial charge in [-0.1, -0.05) is 49.0 Å². The van der Waals surface area contributed by atoms with Gasteiger partial charge in [-0.2, -0.15) is 0 Å². The molecule has 170 valence electrons. The lowest BCUT2D eigenvalue weighted by Gasteiger charge is -2.30. The molecule has 1 aliphatic carbocycles. The molecule has 1 heterocycles. The van der Waals surface area contributed by atoms with Gasteiger partial charge in [0.1, 0.15) is 0 Å². The molecule has 2 fully saturated rings. The third kappa shape index (κ3) is 7.23.